The van der Waals surface area contributed by atoms with E-state index in [0.717, 1.165) is 43.7 Å². The maximum Gasteiger partial charge on any atom is 0.227 e. The molecule has 1 saturated heterocycles. The first-order valence-corrected chi connectivity index (χ1v) is 7.98. The van der Waals surface area contributed by atoms with Crippen LogP contribution in [0.5, 0.6) is 0 Å². The largest absolute Gasteiger partial charge is 0.341 e. The Bertz CT molecular complexity index is 471. The third-order valence-corrected chi connectivity index (χ3v) is 4.52. The number of hydrogen-bond donors (Lipinski definition) is 1. The molecule has 0 saturated carbocycles. The molecular formula is C17H27N3O. The summed E-state index contributed by atoms with van der Waals surface area (Å²) in [4.78, 5) is 17.0. The Labute approximate surface area is 127 Å². The van der Waals surface area contributed by atoms with E-state index in [1.54, 1.807) is 0 Å². The van der Waals surface area contributed by atoms with Gasteiger partial charge in [0.1, 0.15) is 0 Å². The molecule has 1 aliphatic rings. The number of carbonyl (C=O) groups is 1. The van der Waals surface area contributed by atoms with Gasteiger partial charge in [-0.2, -0.15) is 0 Å². The molecule has 0 bridgehead atoms. The highest BCUT2D eigenvalue weighted by Gasteiger charge is 2.29. The van der Waals surface area contributed by atoms with Crippen LogP contribution in [-0.2, 0) is 17.8 Å². The summed E-state index contributed by atoms with van der Waals surface area (Å²) in [6, 6.07) is 8.49. The lowest BCUT2D eigenvalue weighted by molar-refractivity contribution is -0.129. The lowest BCUT2D eigenvalue weighted by Crippen LogP contribution is -2.39. The quantitative estimate of drug-likeness (QED) is 0.866. The highest BCUT2D eigenvalue weighted by atomic mass is 16.2. The van der Waals surface area contributed by atoms with Crippen molar-refractivity contribution < 1.29 is 4.79 Å². The average molecular weight is 289 g/mol. The van der Waals surface area contributed by atoms with E-state index in [9.17, 15) is 4.79 Å². The number of carbonyl (C=O) groups excluding carboxylic acids is 1. The zero-order valence-electron chi connectivity index (χ0n) is 13.2. The number of nitrogens with two attached hydrogens (primary N) is 1. The summed E-state index contributed by atoms with van der Waals surface area (Å²) >= 11 is 0. The Hall–Kier alpha value is -1.39. The van der Waals surface area contributed by atoms with E-state index < -0.39 is 0 Å². The molecule has 4 heteroatoms. The second-order valence-electron chi connectivity index (χ2n) is 5.65. The molecule has 1 aromatic carbocycles. The van der Waals surface area contributed by atoms with Gasteiger partial charge in [-0.05, 0) is 30.6 Å². The third-order valence-electron chi connectivity index (χ3n) is 4.52. The molecule has 0 aliphatic carbocycles. The van der Waals surface area contributed by atoms with E-state index in [4.69, 9.17) is 5.73 Å². The Kier molecular flexibility index (Phi) is 5.76. The van der Waals surface area contributed by atoms with Crippen molar-refractivity contribution in [2.75, 3.05) is 26.2 Å². The molecule has 0 spiro atoms. The molecule has 116 valence electrons. The van der Waals surface area contributed by atoms with Crippen molar-refractivity contribution in [1.29, 1.82) is 0 Å². The van der Waals surface area contributed by atoms with E-state index in [0.29, 0.717) is 19.0 Å². The van der Waals surface area contributed by atoms with Gasteiger partial charge in [-0.3, -0.25) is 9.69 Å². The van der Waals surface area contributed by atoms with Crippen LogP contribution in [0.15, 0.2) is 24.3 Å². The first kappa shape index (κ1) is 16.0. The van der Waals surface area contributed by atoms with Gasteiger partial charge in [0.05, 0.1) is 6.42 Å². The van der Waals surface area contributed by atoms with Gasteiger partial charge >= 0.3 is 0 Å². The summed E-state index contributed by atoms with van der Waals surface area (Å²) in [5.74, 6) is 0.227. The normalized spacial score (nSPS) is 18.5. The van der Waals surface area contributed by atoms with Crippen LogP contribution in [0, 0.1) is 0 Å². The molecule has 1 aromatic rings. The van der Waals surface area contributed by atoms with Crippen molar-refractivity contribution >= 4 is 5.91 Å². The molecule has 0 aromatic heterocycles. The van der Waals surface area contributed by atoms with E-state index >= 15 is 0 Å². The Balaban J connectivity index is 1.96. The van der Waals surface area contributed by atoms with Gasteiger partial charge in [0, 0.05) is 25.7 Å². The summed E-state index contributed by atoms with van der Waals surface area (Å²) < 4.78 is 0. The van der Waals surface area contributed by atoms with Crippen LogP contribution in [0.3, 0.4) is 0 Å². The zero-order valence-corrected chi connectivity index (χ0v) is 13.2. The SMILES string of the molecule is CCN(CC)C1CCN(C(=O)Cc2ccccc2CN)C1. The van der Waals surface area contributed by atoms with Crippen LogP contribution in [0.4, 0.5) is 0 Å². The van der Waals surface area contributed by atoms with E-state index in [-0.39, 0.29) is 5.91 Å². The van der Waals surface area contributed by atoms with Crippen LogP contribution in [0.1, 0.15) is 31.4 Å². The van der Waals surface area contributed by atoms with Crippen LogP contribution in [0.25, 0.3) is 0 Å². The molecule has 1 unspecified atom stereocenters. The smallest absolute Gasteiger partial charge is 0.227 e. The number of rotatable bonds is 6. The molecule has 4 nitrogen and oxygen atoms in total. The predicted molar refractivity (Wildman–Crippen MR) is 85.9 cm³/mol. The van der Waals surface area contributed by atoms with Gasteiger partial charge in [0.25, 0.3) is 0 Å². The second kappa shape index (κ2) is 7.57. The molecule has 0 radical (unpaired) electrons. The molecule has 1 amide bonds. The Morgan fingerprint density at radius 1 is 1.29 bits per heavy atom. The Morgan fingerprint density at radius 3 is 2.57 bits per heavy atom. The minimum absolute atomic E-state index is 0.227. The van der Waals surface area contributed by atoms with Gasteiger partial charge in [0.2, 0.25) is 5.91 Å². The van der Waals surface area contributed by atoms with E-state index in [1.165, 1.54) is 0 Å². The molecule has 1 fully saturated rings. The number of likely N-dealkylation sites (tertiary alicyclic amines) is 1. The van der Waals surface area contributed by atoms with Crippen LogP contribution >= 0.6 is 0 Å². The lowest BCUT2D eigenvalue weighted by atomic mass is 10.0. The monoisotopic (exact) mass is 289 g/mol. The zero-order chi connectivity index (χ0) is 15.2. The first-order chi connectivity index (χ1) is 10.2. The maximum atomic E-state index is 12.5. The van der Waals surface area contributed by atoms with Crippen molar-refractivity contribution in [2.24, 2.45) is 5.73 Å². The fraction of sp³-hybridized carbons (Fsp3) is 0.588. The number of nitrogens with zero attached hydrogens (tertiary/aromatic N) is 2. The minimum Gasteiger partial charge on any atom is -0.341 e. The lowest BCUT2D eigenvalue weighted by Gasteiger charge is -2.26. The number of benzene rings is 1. The second-order valence-corrected chi connectivity index (χ2v) is 5.65. The van der Waals surface area contributed by atoms with Gasteiger partial charge in [-0.1, -0.05) is 38.1 Å². The van der Waals surface area contributed by atoms with Crippen LogP contribution < -0.4 is 5.73 Å². The fourth-order valence-electron chi connectivity index (χ4n) is 3.21. The van der Waals surface area contributed by atoms with Crippen molar-refractivity contribution in [2.45, 2.75) is 39.3 Å². The summed E-state index contributed by atoms with van der Waals surface area (Å²) in [6.45, 7) is 8.72. The standard InChI is InChI=1S/C17H27N3O/c1-3-19(4-2)16-9-10-20(13-16)17(21)11-14-7-5-6-8-15(14)12-18/h5-8,16H,3-4,9-13,18H2,1-2H3. The summed E-state index contributed by atoms with van der Waals surface area (Å²) in [7, 11) is 0. The van der Waals surface area contributed by atoms with E-state index in [1.807, 2.05) is 29.2 Å². The predicted octanol–water partition coefficient (Wildman–Crippen LogP) is 1.63. The van der Waals surface area contributed by atoms with Gasteiger partial charge in [0.15, 0.2) is 0 Å². The maximum absolute atomic E-state index is 12.5. The van der Waals surface area contributed by atoms with Gasteiger partial charge in [-0.15, -0.1) is 0 Å². The number of amides is 1. The molecule has 1 heterocycles. The van der Waals surface area contributed by atoms with Crippen molar-refractivity contribution in [3.63, 3.8) is 0 Å². The topological polar surface area (TPSA) is 49.6 Å². The first-order valence-electron chi connectivity index (χ1n) is 7.98. The van der Waals surface area contributed by atoms with Crippen molar-refractivity contribution in [3.05, 3.63) is 35.4 Å². The highest BCUT2D eigenvalue weighted by Crippen LogP contribution is 2.17. The highest BCUT2D eigenvalue weighted by molar-refractivity contribution is 5.79. The van der Waals surface area contributed by atoms with Crippen molar-refractivity contribution in [1.82, 2.24) is 9.80 Å². The molecular weight excluding hydrogens is 262 g/mol. The molecule has 1 atom stereocenters. The van der Waals surface area contributed by atoms with E-state index in [2.05, 4.69) is 18.7 Å². The van der Waals surface area contributed by atoms with Gasteiger partial charge in [-0.25, -0.2) is 0 Å². The van der Waals surface area contributed by atoms with Crippen LogP contribution in [-0.4, -0.2) is 47.9 Å². The average Bonchev–Trinajstić information content (AvgIpc) is 2.99. The number of hydrogen-bond acceptors (Lipinski definition) is 3. The van der Waals surface area contributed by atoms with Crippen molar-refractivity contribution in [3.8, 4) is 0 Å². The van der Waals surface area contributed by atoms with Crippen LogP contribution in [0.2, 0.25) is 0 Å². The third kappa shape index (κ3) is 3.83. The number of likely N-dealkylation sites (N-methyl/N-ethyl adjacent to an activating group) is 1. The summed E-state index contributed by atoms with van der Waals surface area (Å²) in [6.07, 6.45) is 1.56. The molecule has 1 aliphatic heterocycles. The minimum atomic E-state index is 0.227. The van der Waals surface area contributed by atoms with Gasteiger partial charge < -0.3 is 10.6 Å². The molecule has 2 N–H and O–H groups in total. The summed E-state index contributed by atoms with van der Waals surface area (Å²) in [5.41, 5.74) is 7.89. The molecule has 21 heavy (non-hydrogen) atoms. The summed E-state index contributed by atoms with van der Waals surface area (Å²) in [5, 5.41) is 0. The fourth-order valence-corrected chi connectivity index (χ4v) is 3.21. The molecule has 2 rings (SSSR count). The Morgan fingerprint density at radius 2 is 1.95 bits per heavy atom.